The van der Waals surface area contributed by atoms with Gasteiger partial charge in [-0.3, -0.25) is 23.7 Å². The van der Waals surface area contributed by atoms with E-state index in [1.54, 1.807) is 0 Å². The molecule has 0 N–H and O–H groups in total. The number of unbranched alkanes of at least 4 members (excludes halogenated alkanes) is 24. The van der Waals surface area contributed by atoms with Gasteiger partial charge < -0.3 is 23.7 Å². The second-order valence-electron chi connectivity index (χ2n) is 17.2. The molecule has 1 aromatic carbocycles. The van der Waals surface area contributed by atoms with Crippen molar-refractivity contribution in [2.75, 3.05) is 20.8 Å². The van der Waals surface area contributed by atoms with E-state index < -0.39 is 53.3 Å². The minimum absolute atomic E-state index is 0.0413. The maximum absolute atomic E-state index is 15.3. The predicted octanol–water partition coefficient (Wildman–Crippen LogP) is 11.6. The molecule has 356 valence electrons. The first-order valence-corrected chi connectivity index (χ1v) is 24.5. The highest BCUT2D eigenvalue weighted by Gasteiger charge is 2.41. The van der Waals surface area contributed by atoms with Crippen LogP contribution >= 0.6 is 0 Å². The van der Waals surface area contributed by atoms with Crippen LogP contribution in [-0.2, 0) is 23.8 Å². The lowest BCUT2D eigenvalue weighted by molar-refractivity contribution is -0.158. The third-order valence-corrected chi connectivity index (χ3v) is 12.1. The van der Waals surface area contributed by atoms with Crippen LogP contribution in [0.15, 0.2) is 34.0 Å². The number of hydrogen-bond acceptors (Lipinski definition) is 10. The number of benzene rings is 1. The zero-order chi connectivity index (χ0) is 45.7. The molecule has 1 aliphatic heterocycles. The van der Waals surface area contributed by atoms with Gasteiger partial charge in [0, 0.05) is 19.3 Å². The topological polar surface area (TPSA) is 141 Å². The van der Waals surface area contributed by atoms with Gasteiger partial charge in [0.1, 0.15) is 25.0 Å². The first-order valence-electron chi connectivity index (χ1n) is 24.5. The standard InChI is InChI=1S/C50H79FN2O10/c1-5-7-9-11-13-15-17-19-21-23-25-27-29-34-45(54)61-38-43-42(63-46(55)35-30-28-26-24-22-20-18-16-14-12-10-8-6-2)36-44(62-43)52-37-40(51)49(57)53(50(52)58)48(56)39-32-31-33-41(59-3)47(39)60-4/h31-33,37,42-44H,5-30,34-36,38H2,1-4H3/t42-,43+,44+/m0/s1. The summed E-state index contributed by atoms with van der Waals surface area (Å²) in [6, 6.07) is 4.33. The van der Waals surface area contributed by atoms with E-state index in [2.05, 4.69) is 13.8 Å². The number of halogens is 1. The Labute approximate surface area is 375 Å². The van der Waals surface area contributed by atoms with Crippen molar-refractivity contribution in [2.24, 2.45) is 0 Å². The van der Waals surface area contributed by atoms with Gasteiger partial charge in [0.15, 0.2) is 11.5 Å². The molecule has 1 saturated heterocycles. The Balaban J connectivity index is 1.57. The molecule has 2 aromatic rings. The molecule has 0 unspecified atom stereocenters. The molecule has 63 heavy (non-hydrogen) atoms. The van der Waals surface area contributed by atoms with Crippen LogP contribution < -0.4 is 20.7 Å². The van der Waals surface area contributed by atoms with Gasteiger partial charge in [-0.15, -0.1) is 0 Å². The van der Waals surface area contributed by atoms with Crippen molar-refractivity contribution >= 4 is 17.8 Å². The van der Waals surface area contributed by atoms with Crippen molar-refractivity contribution in [2.45, 2.75) is 218 Å². The lowest BCUT2D eigenvalue weighted by atomic mass is 10.0. The molecular formula is C50H79FN2O10. The molecule has 12 nitrogen and oxygen atoms in total. The Morgan fingerprint density at radius 3 is 1.62 bits per heavy atom. The summed E-state index contributed by atoms with van der Waals surface area (Å²) in [7, 11) is 2.65. The maximum atomic E-state index is 15.3. The normalized spacial score (nSPS) is 16.0. The largest absolute Gasteiger partial charge is 0.493 e. The number of methoxy groups -OCH3 is 2. The third kappa shape index (κ3) is 19.3. The van der Waals surface area contributed by atoms with Gasteiger partial charge in [0.2, 0.25) is 5.82 Å². The molecule has 3 atom stereocenters. The number of ether oxygens (including phenoxy) is 5. The van der Waals surface area contributed by atoms with E-state index >= 15 is 4.39 Å². The number of nitrogens with zero attached hydrogens (tertiary/aromatic N) is 2. The number of esters is 2. The highest BCUT2D eigenvalue weighted by molar-refractivity contribution is 5.99. The molecular weight excluding hydrogens is 808 g/mol. The van der Waals surface area contributed by atoms with Crippen molar-refractivity contribution in [3.8, 4) is 11.5 Å². The molecule has 3 rings (SSSR count). The van der Waals surface area contributed by atoms with Crippen molar-refractivity contribution in [1.29, 1.82) is 0 Å². The molecule has 0 bridgehead atoms. The van der Waals surface area contributed by atoms with Crippen LogP contribution in [0.25, 0.3) is 0 Å². The predicted molar refractivity (Wildman–Crippen MR) is 244 cm³/mol. The monoisotopic (exact) mass is 887 g/mol. The van der Waals surface area contributed by atoms with E-state index in [1.807, 2.05) is 0 Å². The van der Waals surface area contributed by atoms with Gasteiger partial charge >= 0.3 is 17.6 Å². The molecule has 2 heterocycles. The first kappa shape index (κ1) is 53.3. The summed E-state index contributed by atoms with van der Waals surface area (Å²) in [5, 5.41) is 0. The van der Waals surface area contributed by atoms with Gasteiger partial charge in [-0.2, -0.15) is 8.96 Å². The summed E-state index contributed by atoms with van der Waals surface area (Å²) < 4.78 is 44.4. The van der Waals surface area contributed by atoms with Crippen LogP contribution in [0.1, 0.15) is 217 Å². The molecule has 0 radical (unpaired) electrons. The molecule has 0 saturated carbocycles. The van der Waals surface area contributed by atoms with E-state index in [0.717, 1.165) is 43.1 Å². The summed E-state index contributed by atoms with van der Waals surface area (Å²) in [6.07, 6.45) is 28.5. The van der Waals surface area contributed by atoms with Gasteiger partial charge in [0.05, 0.1) is 26.0 Å². The fourth-order valence-corrected chi connectivity index (χ4v) is 8.30. The van der Waals surface area contributed by atoms with Crippen LogP contribution in [0.2, 0.25) is 0 Å². The second kappa shape index (κ2) is 31.8. The van der Waals surface area contributed by atoms with Crippen molar-refractivity contribution in [1.82, 2.24) is 9.13 Å². The van der Waals surface area contributed by atoms with E-state index in [-0.39, 0.29) is 47.5 Å². The second-order valence-corrected chi connectivity index (χ2v) is 17.2. The molecule has 0 aliphatic carbocycles. The molecule has 0 spiro atoms. The highest BCUT2D eigenvalue weighted by Crippen LogP contribution is 2.33. The average molecular weight is 887 g/mol. The highest BCUT2D eigenvalue weighted by atomic mass is 19.1. The Bertz CT molecular complexity index is 1740. The molecule has 1 aliphatic rings. The lowest BCUT2D eigenvalue weighted by Gasteiger charge is -2.19. The van der Waals surface area contributed by atoms with Gasteiger partial charge in [0.25, 0.3) is 11.5 Å². The zero-order valence-electron chi connectivity index (χ0n) is 39.1. The zero-order valence-corrected chi connectivity index (χ0v) is 39.1. The Morgan fingerprint density at radius 2 is 1.14 bits per heavy atom. The van der Waals surface area contributed by atoms with E-state index in [0.29, 0.717) is 19.0 Å². The summed E-state index contributed by atoms with van der Waals surface area (Å²) in [4.78, 5) is 66.5. The van der Waals surface area contributed by atoms with Gasteiger partial charge in [-0.1, -0.05) is 174 Å². The van der Waals surface area contributed by atoms with Crippen molar-refractivity contribution in [3.63, 3.8) is 0 Å². The summed E-state index contributed by atoms with van der Waals surface area (Å²) >= 11 is 0. The minimum atomic E-state index is -1.46. The number of carbonyl (C=O) groups is 3. The Kier molecular flexibility index (Phi) is 26.9. The first-order chi connectivity index (χ1) is 30.7. The van der Waals surface area contributed by atoms with Crippen LogP contribution in [-0.4, -0.2) is 60.0 Å². The fraction of sp³-hybridized carbons (Fsp3) is 0.740. The molecule has 13 heteroatoms. The maximum Gasteiger partial charge on any atom is 0.340 e. The van der Waals surface area contributed by atoms with Crippen molar-refractivity contribution < 1.29 is 42.5 Å². The summed E-state index contributed by atoms with van der Waals surface area (Å²) in [5.41, 5.74) is -2.82. The third-order valence-electron chi connectivity index (χ3n) is 12.1. The smallest absolute Gasteiger partial charge is 0.340 e. The Morgan fingerprint density at radius 1 is 0.667 bits per heavy atom. The number of aromatic nitrogens is 2. The number of rotatable bonds is 35. The van der Waals surface area contributed by atoms with E-state index in [1.165, 1.54) is 148 Å². The van der Waals surface area contributed by atoms with Crippen LogP contribution in [0.5, 0.6) is 11.5 Å². The van der Waals surface area contributed by atoms with E-state index in [9.17, 15) is 24.0 Å². The quantitative estimate of drug-likeness (QED) is 0.0485. The SMILES string of the molecule is CCCCCCCCCCCCCCCC(=O)OC[C@H]1O[C@@H](n2cc(F)c(=O)n(C(=O)c3cccc(OC)c3OC)c2=O)C[C@@H]1OC(=O)CCCCCCCCCCCCCCC. The number of para-hydroxylation sites is 1. The summed E-state index contributed by atoms with van der Waals surface area (Å²) in [6.45, 7) is 4.21. The number of hydrogen-bond donors (Lipinski definition) is 0. The molecule has 1 fully saturated rings. The molecule has 0 amide bonds. The van der Waals surface area contributed by atoms with E-state index in [4.69, 9.17) is 23.7 Å². The Hall–Kier alpha value is -4.00. The van der Waals surface area contributed by atoms with Crippen LogP contribution in [0, 0.1) is 5.82 Å². The molecule has 1 aromatic heterocycles. The van der Waals surface area contributed by atoms with Crippen molar-refractivity contribution in [3.05, 3.63) is 56.6 Å². The summed E-state index contributed by atoms with van der Waals surface area (Å²) in [5.74, 6) is -3.26. The number of carbonyl (C=O) groups excluding carboxylic acids is 3. The fourth-order valence-electron chi connectivity index (χ4n) is 8.30. The lowest BCUT2D eigenvalue weighted by Crippen LogP contribution is -2.46. The van der Waals surface area contributed by atoms with Crippen LogP contribution in [0.3, 0.4) is 0 Å². The van der Waals surface area contributed by atoms with Crippen LogP contribution in [0.4, 0.5) is 4.39 Å². The minimum Gasteiger partial charge on any atom is -0.493 e. The average Bonchev–Trinajstić information content (AvgIpc) is 3.68. The van der Waals surface area contributed by atoms with Gasteiger partial charge in [-0.25, -0.2) is 4.79 Å². The van der Waals surface area contributed by atoms with Gasteiger partial charge in [-0.05, 0) is 25.0 Å².